The van der Waals surface area contributed by atoms with Crippen LogP contribution in [0.3, 0.4) is 0 Å². The second-order valence-corrected chi connectivity index (χ2v) is 4.96. The van der Waals surface area contributed by atoms with Crippen LogP contribution in [-0.4, -0.2) is 24.3 Å². The zero-order valence-electron chi connectivity index (χ0n) is 11.7. The molecule has 18 heavy (non-hydrogen) atoms. The molecule has 1 N–H and O–H groups in total. The highest BCUT2D eigenvalue weighted by Crippen LogP contribution is 2.26. The Labute approximate surface area is 109 Å². The van der Waals surface area contributed by atoms with Crippen LogP contribution in [0.1, 0.15) is 19.4 Å². The average Bonchev–Trinajstić information content (AvgIpc) is 2.62. The van der Waals surface area contributed by atoms with Gasteiger partial charge in [-0.25, -0.2) is 0 Å². The third-order valence-corrected chi connectivity index (χ3v) is 3.06. The topological polar surface area (TPSA) is 26.2 Å². The lowest BCUT2D eigenvalue weighted by Crippen LogP contribution is -2.10. The molecule has 0 spiro atoms. The van der Waals surface area contributed by atoms with E-state index in [1.807, 2.05) is 13.1 Å². The van der Waals surface area contributed by atoms with Gasteiger partial charge >= 0.3 is 0 Å². The Morgan fingerprint density at radius 1 is 1.33 bits per heavy atom. The van der Waals surface area contributed by atoms with E-state index in [9.17, 15) is 0 Å². The summed E-state index contributed by atoms with van der Waals surface area (Å²) in [5.74, 6) is 0.953. The molecule has 0 fully saturated rings. The van der Waals surface area contributed by atoms with Crippen LogP contribution in [-0.2, 0) is 13.5 Å². The van der Waals surface area contributed by atoms with Crippen molar-refractivity contribution in [3.63, 3.8) is 0 Å². The molecule has 98 valence electrons. The van der Waals surface area contributed by atoms with E-state index in [4.69, 9.17) is 4.74 Å². The van der Waals surface area contributed by atoms with Crippen molar-refractivity contribution in [1.82, 2.24) is 9.88 Å². The van der Waals surface area contributed by atoms with Gasteiger partial charge in [0.1, 0.15) is 5.75 Å². The SMILES string of the molecule is CNCCc1cn(C)c2ccc(OC(C)C)cc12. The van der Waals surface area contributed by atoms with E-state index in [0.29, 0.717) is 0 Å². The summed E-state index contributed by atoms with van der Waals surface area (Å²) in [6.45, 7) is 5.10. The van der Waals surface area contributed by atoms with Gasteiger partial charge in [-0.3, -0.25) is 0 Å². The van der Waals surface area contributed by atoms with Gasteiger partial charge in [0.05, 0.1) is 6.10 Å². The zero-order chi connectivity index (χ0) is 13.1. The molecule has 0 saturated carbocycles. The lowest BCUT2D eigenvalue weighted by Gasteiger charge is -2.10. The predicted molar refractivity (Wildman–Crippen MR) is 76.3 cm³/mol. The minimum absolute atomic E-state index is 0.215. The maximum Gasteiger partial charge on any atom is 0.120 e. The number of aryl methyl sites for hydroxylation is 1. The van der Waals surface area contributed by atoms with E-state index in [2.05, 4.69) is 49.1 Å². The van der Waals surface area contributed by atoms with Gasteiger partial charge in [-0.1, -0.05) is 0 Å². The molecule has 3 nitrogen and oxygen atoms in total. The van der Waals surface area contributed by atoms with Crippen molar-refractivity contribution in [2.45, 2.75) is 26.4 Å². The predicted octanol–water partition coefficient (Wildman–Crippen LogP) is 2.73. The van der Waals surface area contributed by atoms with Crippen LogP contribution in [0.4, 0.5) is 0 Å². The minimum Gasteiger partial charge on any atom is -0.491 e. The van der Waals surface area contributed by atoms with Gasteiger partial charge in [-0.15, -0.1) is 0 Å². The molecule has 1 aromatic carbocycles. The van der Waals surface area contributed by atoms with Crippen LogP contribution in [0.2, 0.25) is 0 Å². The van der Waals surface area contributed by atoms with E-state index in [-0.39, 0.29) is 6.10 Å². The largest absolute Gasteiger partial charge is 0.491 e. The number of nitrogens with zero attached hydrogens (tertiary/aromatic N) is 1. The molecule has 0 radical (unpaired) electrons. The molecule has 1 aromatic heterocycles. The molecule has 2 aromatic rings. The third kappa shape index (κ3) is 2.67. The van der Waals surface area contributed by atoms with E-state index in [0.717, 1.165) is 18.7 Å². The van der Waals surface area contributed by atoms with Gasteiger partial charge in [-0.2, -0.15) is 0 Å². The van der Waals surface area contributed by atoms with Crippen molar-refractivity contribution in [3.05, 3.63) is 30.0 Å². The number of hydrogen-bond donors (Lipinski definition) is 1. The lowest BCUT2D eigenvalue weighted by atomic mass is 10.1. The number of fused-ring (bicyclic) bond motifs is 1. The summed E-state index contributed by atoms with van der Waals surface area (Å²) in [7, 11) is 4.08. The zero-order valence-corrected chi connectivity index (χ0v) is 11.7. The number of rotatable bonds is 5. The molecule has 0 aliphatic rings. The number of ether oxygens (including phenoxy) is 1. The summed E-state index contributed by atoms with van der Waals surface area (Å²) in [5.41, 5.74) is 2.63. The Hall–Kier alpha value is -1.48. The standard InChI is InChI=1S/C15H22N2O/c1-11(2)18-13-5-6-15-14(9-13)12(7-8-16-3)10-17(15)4/h5-6,9-11,16H,7-8H2,1-4H3. The molecule has 0 amide bonds. The smallest absolute Gasteiger partial charge is 0.120 e. The van der Waals surface area contributed by atoms with Crippen molar-refractivity contribution in [2.24, 2.45) is 7.05 Å². The Morgan fingerprint density at radius 2 is 2.11 bits per heavy atom. The summed E-state index contributed by atoms with van der Waals surface area (Å²) in [5, 5.41) is 4.49. The highest BCUT2D eigenvalue weighted by atomic mass is 16.5. The molecular formula is C15H22N2O. The van der Waals surface area contributed by atoms with Gasteiger partial charge in [0.2, 0.25) is 0 Å². The van der Waals surface area contributed by atoms with Crippen molar-refractivity contribution in [2.75, 3.05) is 13.6 Å². The number of hydrogen-bond acceptors (Lipinski definition) is 2. The number of nitrogens with one attached hydrogen (secondary N) is 1. The van der Waals surface area contributed by atoms with Crippen molar-refractivity contribution in [1.29, 1.82) is 0 Å². The molecule has 0 unspecified atom stereocenters. The van der Waals surface area contributed by atoms with E-state index in [1.165, 1.54) is 16.5 Å². The van der Waals surface area contributed by atoms with E-state index in [1.54, 1.807) is 0 Å². The summed E-state index contributed by atoms with van der Waals surface area (Å²) >= 11 is 0. The minimum atomic E-state index is 0.215. The monoisotopic (exact) mass is 246 g/mol. The first-order valence-electron chi connectivity index (χ1n) is 6.51. The number of aromatic nitrogens is 1. The van der Waals surface area contributed by atoms with Crippen LogP contribution >= 0.6 is 0 Å². The Bertz CT molecular complexity index is 529. The van der Waals surface area contributed by atoms with Crippen LogP contribution < -0.4 is 10.1 Å². The van der Waals surface area contributed by atoms with Crippen LogP contribution in [0, 0.1) is 0 Å². The maximum atomic E-state index is 5.77. The maximum absolute atomic E-state index is 5.77. The fourth-order valence-electron chi connectivity index (χ4n) is 2.26. The summed E-state index contributed by atoms with van der Waals surface area (Å²) in [4.78, 5) is 0. The first-order valence-corrected chi connectivity index (χ1v) is 6.51. The van der Waals surface area contributed by atoms with Crippen molar-refractivity contribution < 1.29 is 4.74 Å². The van der Waals surface area contributed by atoms with Crippen molar-refractivity contribution >= 4 is 10.9 Å². The van der Waals surface area contributed by atoms with Gasteiger partial charge < -0.3 is 14.6 Å². The Balaban J connectivity index is 2.38. The van der Waals surface area contributed by atoms with Crippen LogP contribution in [0.15, 0.2) is 24.4 Å². The molecular weight excluding hydrogens is 224 g/mol. The second-order valence-electron chi connectivity index (χ2n) is 4.96. The van der Waals surface area contributed by atoms with Gasteiger partial charge in [0, 0.05) is 24.1 Å². The Kier molecular flexibility index (Phi) is 3.92. The number of benzene rings is 1. The van der Waals surface area contributed by atoms with Crippen LogP contribution in [0.25, 0.3) is 10.9 Å². The summed E-state index contributed by atoms with van der Waals surface area (Å²) in [6, 6.07) is 6.33. The average molecular weight is 246 g/mol. The molecule has 0 atom stereocenters. The second kappa shape index (κ2) is 5.44. The van der Waals surface area contributed by atoms with Crippen molar-refractivity contribution in [3.8, 4) is 5.75 Å². The molecule has 1 heterocycles. The summed E-state index contributed by atoms with van der Waals surface area (Å²) in [6.07, 6.45) is 3.46. The normalized spacial score (nSPS) is 11.4. The van der Waals surface area contributed by atoms with Gasteiger partial charge in [0.15, 0.2) is 0 Å². The van der Waals surface area contributed by atoms with Gasteiger partial charge in [0.25, 0.3) is 0 Å². The molecule has 0 bridgehead atoms. The molecule has 0 aliphatic carbocycles. The quantitative estimate of drug-likeness (QED) is 0.878. The number of likely N-dealkylation sites (N-methyl/N-ethyl adjacent to an activating group) is 1. The Morgan fingerprint density at radius 3 is 2.78 bits per heavy atom. The molecule has 2 rings (SSSR count). The first-order chi connectivity index (χ1) is 8.61. The fraction of sp³-hybridized carbons (Fsp3) is 0.467. The first kappa shape index (κ1) is 13.0. The summed E-state index contributed by atoms with van der Waals surface area (Å²) < 4.78 is 7.95. The van der Waals surface area contributed by atoms with E-state index < -0.39 is 0 Å². The molecule has 3 heteroatoms. The van der Waals surface area contributed by atoms with Gasteiger partial charge in [-0.05, 0) is 57.6 Å². The van der Waals surface area contributed by atoms with Crippen LogP contribution in [0.5, 0.6) is 5.75 Å². The fourth-order valence-corrected chi connectivity index (χ4v) is 2.26. The molecule has 0 aliphatic heterocycles. The highest BCUT2D eigenvalue weighted by molar-refractivity contribution is 5.85. The highest BCUT2D eigenvalue weighted by Gasteiger charge is 2.08. The third-order valence-electron chi connectivity index (χ3n) is 3.06. The molecule has 0 saturated heterocycles. The van der Waals surface area contributed by atoms with E-state index >= 15 is 0 Å². The lowest BCUT2D eigenvalue weighted by molar-refractivity contribution is 0.243.